The van der Waals surface area contributed by atoms with Crippen molar-refractivity contribution in [3.05, 3.63) is 16.1 Å². The lowest BCUT2D eigenvalue weighted by atomic mass is 9.89. The molecule has 0 amide bonds. The van der Waals surface area contributed by atoms with Gasteiger partial charge >= 0.3 is 0 Å². The SMILES string of the molecule is CCNCc1nc(CN2CCC(C)C(C)C2)cs1. The summed E-state index contributed by atoms with van der Waals surface area (Å²) in [6.45, 7) is 12.3. The molecular weight excluding hydrogens is 242 g/mol. The maximum Gasteiger partial charge on any atom is 0.107 e. The van der Waals surface area contributed by atoms with Crippen molar-refractivity contribution >= 4 is 11.3 Å². The van der Waals surface area contributed by atoms with Gasteiger partial charge in [-0.05, 0) is 31.3 Å². The van der Waals surface area contributed by atoms with Gasteiger partial charge in [0.2, 0.25) is 0 Å². The minimum atomic E-state index is 0.818. The zero-order valence-corrected chi connectivity index (χ0v) is 12.6. The molecule has 18 heavy (non-hydrogen) atoms. The minimum Gasteiger partial charge on any atom is -0.311 e. The van der Waals surface area contributed by atoms with E-state index < -0.39 is 0 Å². The Balaban J connectivity index is 1.84. The summed E-state index contributed by atoms with van der Waals surface area (Å²) in [4.78, 5) is 7.25. The van der Waals surface area contributed by atoms with E-state index in [2.05, 4.69) is 36.4 Å². The van der Waals surface area contributed by atoms with Crippen LogP contribution in [0.25, 0.3) is 0 Å². The van der Waals surface area contributed by atoms with Crippen molar-refractivity contribution in [2.75, 3.05) is 19.6 Å². The van der Waals surface area contributed by atoms with Crippen LogP contribution in [0, 0.1) is 11.8 Å². The number of hydrogen-bond acceptors (Lipinski definition) is 4. The molecule has 1 aliphatic rings. The molecule has 1 N–H and O–H groups in total. The molecular formula is C14H25N3S. The van der Waals surface area contributed by atoms with Gasteiger partial charge < -0.3 is 5.32 Å². The van der Waals surface area contributed by atoms with E-state index in [0.717, 1.165) is 31.5 Å². The number of thiazole rings is 1. The summed E-state index contributed by atoms with van der Waals surface area (Å²) in [5.74, 6) is 1.69. The third-order valence-corrected chi connectivity index (χ3v) is 4.83. The number of hydrogen-bond donors (Lipinski definition) is 1. The van der Waals surface area contributed by atoms with Crippen molar-refractivity contribution < 1.29 is 0 Å². The van der Waals surface area contributed by atoms with Crippen molar-refractivity contribution in [3.8, 4) is 0 Å². The molecule has 3 nitrogen and oxygen atoms in total. The number of likely N-dealkylation sites (tertiary alicyclic amines) is 1. The number of aromatic nitrogens is 1. The van der Waals surface area contributed by atoms with E-state index >= 15 is 0 Å². The van der Waals surface area contributed by atoms with E-state index in [1.807, 2.05) is 0 Å². The molecule has 2 heterocycles. The van der Waals surface area contributed by atoms with Crippen LogP contribution in [0.3, 0.4) is 0 Å². The van der Waals surface area contributed by atoms with Crippen LogP contribution < -0.4 is 5.32 Å². The molecule has 1 fully saturated rings. The van der Waals surface area contributed by atoms with E-state index in [9.17, 15) is 0 Å². The monoisotopic (exact) mass is 267 g/mol. The van der Waals surface area contributed by atoms with Crippen LogP contribution in [0.15, 0.2) is 5.38 Å². The molecule has 4 heteroatoms. The van der Waals surface area contributed by atoms with Gasteiger partial charge in [0.25, 0.3) is 0 Å². The standard InChI is InChI=1S/C14H25N3S/c1-4-15-7-14-16-13(10-18-14)9-17-6-5-11(2)12(3)8-17/h10-12,15H,4-9H2,1-3H3. The zero-order valence-electron chi connectivity index (χ0n) is 11.8. The summed E-state index contributed by atoms with van der Waals surface area (Å²) in [5.41, 5.74) is 1.25. The summed E-state index contributed by atoms with van der Waals surface area (Å²) >= 11 is 1.78. The molecule has 1 saturated heterocycles. The highest BCUT2D eigenvalue weighted by Crippen LogP contribution is 2.23. The van der Waals surface area contributed by atoms with Gasteiger partial charge in [0.15, 0.2) is 0 Å². The highest BCUT2D eigenvalue weighted by Gasteiger charge is 2.22. The Bertz CT molecular complexity index is 364. The van der Waals surface area contributed by atoms with Gasteiger partial charge in [-0.2, -0.15) is 0 Å². The average Bonchev–Trinajstić information content (AvgIpc) is 2.79. The van der Waals surface area contributed by atoms with Crippen LogP contribution in [0.2, 0.25) is 0 Å². The normalized spacial score (nSPS) is 25.5. The molecule has 0 spiro atoms. The van der Waals surface area contributed by atoms with Crippen LogP contribution >= 0.6 is 11.3 Å². The lowest BCUT2D eigenvalue weighted by molar-refractivity contribution is 0.131. The first-order valence-electron chi connectivity index (χ1n) is 7.05. The number of nitrogens with one attached hydrogen (secondary N) is 1. The predicted molar refractivity (Wildman–Crippen MR) is 77.7 cm³/mol. The Morgan fingerprint density at radius 3 is 3.00 bits per heavy atom. The van der Waals surface area contributed by atoms with E-state index in [-0.39, 0.29) is 0 Å². The third kappa shape index (κ3) is 3.77. The van der Waals surface area contributed by atoms with Gasteiger partial charge in [-0.25, -0.2) is 4.98 Å². The first-order valence-corrected chi connectivity index (χ1v) is 7.93. The van der Waals surface area contributed by atoms with Gasteiger partial charge in [-0.1, -0.05) is 20.8 Å². The summed E-state index contributed by atoms with van der Waals surface area (Å²) < 4.78 is 0. The van der Waals surface area contributed by atoms with Crippen molar-refractivity contribution in [3.63, 3.8) is 0 Å². The fourth-order valence-corrected chi connectivity index (χ4v) is 3.21. The quantitative estimate of drug-likeness (QED) is 0.889. The van der Waals surface area contributed by atoms with Gasteiger partial charge in [-0.15, -0.1) is 11.3 Å². The first-order chi connectivity index (χ1) is 8.69. The topological polar surface area (TPSA) is 28.2 Å². The molecule has 0 aliphatic carbocycles. The molecule has 0 radical (unpaired) electrons. The van der Waals surface area contributed by atoms with E-state index in [0.29, 0.717) is 0 Å². The van der Waals surface area contributed by atoms with Crippen LogP contribution in [0.1, 0.15) is 37.9 Å². The molecule has 0 saturated carbocycles. The number of rotatable bonds is 5. The summed E-state index contributed by atoms with van der Waals surface area (Å²) in [5, 5.41) is 6.76. The first kappa shape index (κ1) is 14.0. The van der Waals surface area contributed by atoms with Crippen molar-refractivity contribution in [1.82, 2.24) is 15.2 Å². The van der Waals surface area contributed by atoms with Crippen LogP contribution in [-0.4, -0.2) is 29.5 Å². The summed E-state index contributed by atoms with van der Waals surface area (Å²) in [6, 6.07) is 0. The summed E-state index contributed by atoms with van der Waals surface area (Å²) in [6.07, 6.45) is 1.33. The van der Waals surface area contributed by atoms with Crippen LogP contribution in [0.4, 0.5) is 0 Å². The Labute approximate surface area is 115 Å². The fraction of sp³-hybridized carbons (Fsp3) is 0.786. The van der Waals surface area contributed by atoms with Crippen LogP contribution in [0.5, 0.6) is 0 Å². The molecule has 2 rings (SSSR count). The second kappa shape index (κ2) is 6.64. The van der Waals surface area contributed by atoms with Crippen molar-refractivity contribution in [1.29, 1.82) is 0 Å². The lowest BCUT2D eigenvalue weighted by Gasteiger charge is -2.34. The molecule has 0 aromatic carbocycles. The second-order valence-electron chi connectivity index (χ2n) is 5.49. The molecule has 1 aromatic heterocycles. The zero-order chi connectivity index (χ0) is 13.0. The highest BCUT2D eigenvalue weighted by atomic mass is 32.1. The maximum atomic E-state index is 4.70. The maximum absolute atomic E-state index is 4.70. The van der Waals surface area contributed by atoms with Crippen LogP contribution in [-0.2, 0) is 13.1 Å². The smallest absolute Gasteiger partial charge is 0.107 e. The van der Waals surface area contributed by atoms with Crippen molar-refractivity contribution in [2.45, 2.75) is 40.3 Å². The number of nitrogens with zero attached hydrogens (tertiary/aromatic N) is 2. The average molecular weight is 267 g/mol. The Morgan fingerprint density at radius 2 is 2.28 bits per heavy atom. The van der Waals surface area contributed by atoms with E-state index in [1.54, 1.807) is 11.3 Å². The Kier molecular flexibility index (Phi) is 5.15. The van der Waals surface area contributed by atoms with Gasteiger partial charge in [0.1, 0.15) is 5.01 Å². The molecule has 0 bridgehead atoms. The van der Waals surface area contributed by atoms with Crippen molar-refractivity contribution in [2.24, 2.45) is 11.8 Å². The second-order valence-corrected chi connectivity index (χ2v) is 6.43. The molecule has 1 aliphatic heterocycles. The summed E-state index contributed by atoms with van der Waals surface area (Å²) in [7, 11) is 0. The molecule has 102 valence electrons. The van der Waals surface area contributed by atoms with E-state index in [4.69, 9.17) is 4.98 Å². The Hall–Kier alpha value is -0.450. The van der Waals surface area contributed by atoms with Gasteiger partial charge in [0, 0.05) is 25.0 Å². The molecule has 2 atom stereocenters. The molecule has 1 aromatic rings. The van der Waals surface area contributed by atoms with Gasteiger partial charge in [-0.3, -0.25) is 4.90 Å². The predicted octanol–water partition coefficient (Wildman–Crippen LogP) is 2.73. The van der Waals surface area contributed by atoms with Gasteiger partial charge in [0.05, 0.1) is 5.69 Å². The fourth-order valence-electron chi connectivity index (χ4n) is 2.46. The number of piperidine rings is 1. The third-order valence-electron chi connectivity index (χ3n) is 3.93. The molecule has 2 unspecified atom stereocenters. The lowest BCUT2D eigenvalue weighted by Crippen LogP contribution is -2.37. The highest BCUT2D eigenvalue weighted by molar-refractivity contribution is 7.09. The van der Waals surface area contributed by atoms with E-state index in [1.165, 1.54) is 30.2 Å². The Morgan fingerprint density at radius 1 is 1.44 bits per heavy atom. The minimum absolute atomic E-state index is 0.818. The largest absolute Gasteiger partial charge is 0.311 e.